The molecule has 1 aliphatic heterocycles. The van der Waals surface area contributed by atoms with Gasteiger partial charge in [-0.2, -0.15) is 0 Å². The highest BCUT2D eigenvalue weighted by atomic mass is 16.4. The van der Waals surface area contributed by atoms with E-state index in [-0.39, 0.29) is 0 Å². The van der Waals surface area contributed by atoms with E-state index in [9.17, 15) is 9.90 Å². The van der Waals surface area contributed by atoms with Gasteiger partial charge in [0.05, 0.1) is 5.56 Å². The predicted octanol–water partition coefficient (Wildman–Crippen LogP) is 2.94. The lowest BCUT2D eigenvalue weighted by atomic mass is 9.95. The predicted molar refractivity (Wildman–Crippen MR) is 68.8 cm³/mol. The molecular formula is C14H19NO2. The van der Waals surface area contributed by atoms with Gasteiger partial charge in [-0.3, -0.25) is 0 Å². The Kier molecular flexibility index (Phi) is 3.36. The van der Waals surface area contributed by atoms with E-state index in [1.165, 1.54) is 0 Å². The average molecular weight is 233 g/mol. The van der Waals surface area contributed by atoms with Gasteiger partial charge in [0.1, 0.15) is 0 Å². The lowest BCUT2D eigenvalue weighted by molar-refractivity contribution is 0.0695. The Hall–Kier alpha value is -1.51. The molecule has 0 aliphatic carbocycles. The van der Waals surface area contributed by atoms with Crippen LogP contribution in [0, 0.1) is 0 Å². The number of benzene rings is 1. The van der Waals surface area contributed by atoms with Gasteiger partial charge in [-0.05, 0) is 43.9 Å². The molecule has 1 aliphatic rings. The molecule has 17 heavy (non-hydrogen) atoms. The molecule has 92 valence electrons. The van der Waals surface area contributed by atoms with Crippen LogP contribution in [0.15, 0.2) is 18.2 Å². The second-order valence-electron chi connectivity index (χ2n) is 4.66. The quantitative estimate of drug-likeness (QED) is 0.872. The second-order valence-corrected chi connectivity index (χ2v) is 4.66. The maximum absolute atomic E-state index is 11.2. The van der Waals surface area contributed by atoms with E-state index >= 15 is 0 Å². The van der Waals surface area contributed by atoms with Gasteiger partial charge in [-0.25, -0.2) is 4.79 Å². The maximum Gasteiger partial charge on any atom is 0.336 e. The van der Waals surface area contributed by atoms with E-state index in [4.69, 9.17) is 0 Å². The molecule has 0 radical (unpaired) electrons. The summed E-state index contributed by atoms with van der Waals surface area (Å²) in [7, 11) is 0. The van der Waals surface area contributed by atoms with Crippen molar-refractivity contribution in [2.24, 2.45) is 0 Å². The third-order valence-corrected chi connectivity index (χ3v) is 3.64. The molecule has 0 bridgehead atoms. The second kappa shape index (κ2) is 4.78. The van der Waals surface area contributed by atoms with E-state index in [0.29, 0.717) is 11.6 Å². The number of aromatic carboxylic acids is 1. The zero-order valence-electron chi connectivity index (χ0n) is 10.4. The van der Waals surface area contributed by atoms with Crippen LogP contribution in [0.25, 0.3) is 0 Å². The van der Waals surface area contributed by atoms with Crippen molar-refractivity contribution in [1.82, 2.24) is 0 Å². The first-order chi connectivity index (χ1) is 8.15. The fraction of sp³-hybridized carbons (Fsp3) is 0.500. The minimum absolute atomic E-state index is 0.468. The molecule has 1 N–H and O–H groups in total. The third kappa shape index (κ3) is 2.14. The number of fused-ring (bicyclic) bond motifs is 1. The normalized spacial score (nSPS) is 16.5. The summed E-state index contributed by atoms with van der Waals surface area (Å²) in [6.07, 6.45) is 3.00. The van der Waals surface area contributed by atoms with Crippen molar-refractivity contribution in [2.75, 3.05) is 11.4 Å². The standard InChI is InChI=1S/C14H19NO2/c1-3-10(2)15-9-5-7-11-12(14(16)17)6-4-8-13(11)15/h4,6,8,10H,3,5,7,9H2,1-2H3,(H,16,17). The lowest BCUT2D eigenvalue weighted by Crippen LogP contribution is -2.37. The molecule has 3 heteroatoms. The molecule has 1 heterocycles. The van der Waals surface area contributed by atoms with Gasteiger partial charge in [0.15, 0.2) is 0 Å². The monoisotopic (exact) mass is 233 g/mol. The van der Waals surface area contributed by atoms with E-state index in [0.717, 1.165) is 37.1 Å². The highest BCUT2D eigenvalue weighted by Crippen LogP contribution is 2.31. The number of carboxylic acids is 1. The first-order valence-corrected chi connectivity index (χ1v) is 6.27. The van der Waals surface area contributed by atoms with Crippen molar-refractivity contribution >= 4 is 11.7 Å². The molecule has 2 rings (SSSR count). The van der Waals surface area contributed by atoms with Crippen LogP contribution in [0.1, 0.15) is 42.6 Å². The Labute approximate surface area is 102 Å². The van der Waals surface area contributed by atoms with Crippen LogP contribution in [0.3, 0.4) is 0 Å². The Morgan fingerprint density at radius 2 is 2.29 bits per heavy atom. The minimum Gasteiger partial charge on any atom is -0.478 e. The molecule has 3 nitrogen and oxygen atoms in total. The molecule has 0 aromatic heterocycles. The largest absolute Gasteiger partial charge is 0.478 e. The summed E-state index contributed by atoms with van der Waals surface area (Å²) in [5, 5.41) is 9.20. The zero-order chi connectivity index (χ0) is 12.4. The molecule has 1 unspecified atom stereocenters. The van der Waals surface area contributed by atoms with Crippen molar-refractivity contribution in [2.45, 2.75) is 39.2 Å². The number of carbonyl (C=O) groups is 1. The molecule has 0 fully saturated rings. The van der Waals surface area contributed by atoms with Crippen molar-refractivity contribution in [3.63, 3.8) is 0 Å². The summed E-state index contributed by atoms with van der Waals surface area (Å²) in [5.74, 6) is -0.812. The van der Waals surface area contributed by atoms with Crippen LogP contribution >= 0.6 is 0 Å². The molecule has 0 amide bonds. The highest BCUT2D eigenvalue weighted by molar-refractivity contribution is 5.91. The Morgan fingerprint density at radius 3 is 2.94 bits per heavy atom. The van der Waals surface area contributed by atoms with Gasteiger partial charge in [0, 0.05) is 18.3 Å². The third-order valence-electron chi connectivity index (χ3n) is 3.64. The number of anilines is 1. The van der Waals surface area contributed by atoms with Crippen molar-refractivity contribution in [1.29, 1.82) is 0 Å². The van der Waals surface area contributed by atoms with Gasteiger partial charge < -0.3 is 10.0 Å². The first kappa shape index (κ1) is 12.0. The Balaban J connectivity index is 2.45. The summed E-state index contributed by atoms with van der Waals surface area (Å²) in [6, 6.07) is 6.08. The SMILES string of the molecule is CCC(C)N1CCCc2c(C(=O)O)cccc21. The smallest absolute Gasteiger partial charge is 0.336 e. The summed E-state index contributed by atoms with van der Waals surface area (Å²) < 4.78 is 0. The molecular weight excluding hydrogens is 214 g/mol. The average Bonchev–Trinajstić information content (AvgIpc) is 2.36. The van der Waals surface area contributed by atoms with Crippen LogP contribution in [0.4, 0.5) is 5.69 Å². The van der Waals surface area contributed by atoms with Gasteiger partial charge >= 0.3 is 5.97 Å². The molecule has 0 saturated carbocycles. The number of hydrogen-bond acceptors (Lipinski definition) is 2. The topological polar surface area (TPSA) is 40.5 Å². The van der Waals surface area contributed by atoms with Gasteiger partial charge in [0.25, 0.3) is 0 Å². The van der Waals surface area contributed by atoms with Crippen LogP contribution in [-0.4, -0.2) is 23.7 Å². The highest BCUT2D eigenvalue weighted by Gasteiger charge is 2.23. The Bertz CT molecular complexity index is 428. The number of carboxylic acid groups (broad SMARTS) is 1. The summed E-state index contributed by atoms with van der Waals surface area (Å²) in [5.41, 5.74) is 2.59. The lowest BCUT2D eigenvalue weighted by Gasteiger charge is -2.36. The van der Waals surface area contributed by atoms with Crippen molar-refractivity contribution < 1.29 is 9.90 Å². The summed E-state index contributed by atoms with van der Waals surface area (Å²) >= 11 is 0. The van der Waals surface area contributed by atoms with Gasteiger partial charge in [-0.1, -0.05) is 13.0 Å². The van der Waals surface area contributed by atoms with E-state index < -0.39 is 5.97 Å². The van der Waals surface area contributed by atoms with E-state index in [2.05, 4.69) is 18.7 Å². The fourth-order valence-electron chi connectivity index (χ4n) is 2.53. The number of hydrogen-bond donors (Lipinski definition) is 1. The zero-order valence-corrected chi connectivity index (χ0v) is 10.4. The molecule has 1 aromatic rings. The van der Waals surface area contributed by atoms with Gasteiger partial charge in [0.2, 0.25) is 0 Å². The van der Waals surface area contributed by atoms with E-state index in [1.54, 1.807) is 6.07 Å². The summed E-state index contributed by atoms with van der Waals surface area (Å²) in [6.45, 7) is 5.40. The number of rotatable bonds is 3. The molecule has 1 aromatic carbocycles. The van der Waals surface area contributed by atoms with Crippen molar-refractivity contribution in [3.05, 3.63) is 29.3 Å². The fourth-order valence-corrected chi connectivity index (χ4v) is 2.53. The molecule has 1 atom stereocenters. The minimum atomic E-state index is -0.812. The van der Waals surface area contributed by atoms with Crippen LogP contribution in [0.5, 0.6) is 0 Å². The first-order valence-electron chi connectivity index (χ1n) is 6.27. The maximum atomic E-state index is 11.2. The summed E-state index contributed by atoms with van der Waals surface area (Å²) in [4.78, 5) is 13.5. The van der Waals surface area contributed by atoms with Crippen LogP contribution in [0.2, 0.25) is 0 Å². The Morgan fingerprint density at radius 1 is 1.53 bits per heavy atom. The van der Waals surface area contributed by atoms with E-state index in [1.807, 2.05) is 12.1 Å². The van der Waals surface area contributed by atoms with Gasteiger partial charge in [-0.15, -0.1) is 0 Å². The van der Waals surface area contributed by atoms with Crippen LogP contribution < -0.4 is 4.90 Å². The van der Waals surface area contributed by atoms with Crippen molar-refractivity contribution in [3.8, 4) is 0 Å². The van der Waals surface area contributed by atoms with Crippen LogP contribution in [-0.2, 0) is 6.42 Å². The molecule has 0 saturated heterocycles. The molecule has 0 spiro atoms. The number of nitrogens with zero attached hydrogens (tertiary/aromatic N) is 1.